The number of carboxylic acids is 1. The highest BCUT2D eigenvalue weighted by molar-refractivity contribution is 5.90. The van der Waals surface area contributed by atoms with Crippen LogP contribution in [0.5, 0.6) is 28.7 Å². The first kappa shape index (κ1) is 36.5. The van der Waals surface area contributed by atoms with Gasteiger partial charge in [-0.15, -0.1) is 0 Å². The zero-order chi connectivity index (χ0) is 36.5. The molecule has 7 rings (SSSR count). The minimum Gasteiger partial charge on any atom is -0.492 e. The minimum absolute atomic E-state index is 0.0293. The number of carbonyl (C=O) groups is 2. The van der Waals surface area contributed by atoms with Crippen LogP contribution in [0.2, 0.25) is 0 Å². The van der Waals surface area contributed by atoms with Crippen LogP contribution in [0.15, 0.2) is 24.3 Å². The minimum atomic E-state index is -1.44. The zero-order valence-corrected chi connectivity index (χ0v) is 29.0. The molecule has 0 saturated carbocycles. The Morgan fingerprint density at radius 2 is 1.87 bits per heavy atom. The topological polar surface area (TPSA) is 213 Å². The number of carboxylic acid groups (broad SMARTS) is 1. The fourth-order valence-electron chi connectivity index (χ4n) is 7.53. The maximum Gasteiger partial charge on any atom is 0.317 e. The lowest BCUT2D eigenvalue weighted by Gasteiger charge is -2.44. The van der Waals surface area contributed by atoms with Gasteiger partial charge in [-0.1, -0.05) is 13.8 Å². The highest BCUT2D eigenvalue weighted by Gasteiger charge is 2.54. The smallest absolute Gasteiger partial charge is 0.317 e. The number of rotatable bonds is 13. The molecule has 0 amide bonds. The Hall–Kier alpha value is -3.90. The summed E-state index contributed by atoms with van der Waals surface area (Å²) in [6.07, 6.45) is -7.32. The average molecular weight is 732 g/mol. The third-order valence-electron chi connectivity index (χ3n) is 9.80. The van der Waals surface area contributed by atoms with Crippen LogP contribution in [-0.2, 0) is 39.8 Å². The number of fused-ring (bicyclic) bond motifs is 7. The van der Waals surface area contributed by atoms with E-state index >= 15 is 0 Å². The van der Waals surface area contributed by atoms with Crippen LogP contribution in [-0.4, -0.2) is 103 Å². The van der Waals surface area contributed by atoms with Gasteiger partial charge in [-0.05, 0) is 55.9 Å². The lowest BCUT2D eigenvalue weighted by Crippen LogP contribution is -2.63. The Balaban J connectivity index is 1.11. The summed E-state index contributed by atoms with van der Waals surface area (Å²) in [5, 5.41) is 30.4. The number of carbonyl (C=O) groups excluding carboxylic acids is 1. The Labute approximate surface area is 299 Å². The number of hydrogen-bond donors (Lipinski definition) is 4. The van der Waals surface area contributed by atoms with Crippen molar-refractivity contribution in [2.45, 2.75) is 101 Å². The van der Waals surface area contributed by atoms with Crippen LogP contribution in [0.25, 0.3) is 0 Å². The van der Waals surface area contributed by atoms with Gasteiger partial charge in [-0.25, -0.2) is 0 Å². The van der Waals surface area contributed by atoms with Crippen LogP contribution in [0.4, 0.5) is 0 Å². The van der Waals surface area contributed by atoms with E-state index in [9.17, 15) is 19.8 Å². The SMILES string of the molecule is CC(C)Cc1c2c(cc3c1O[C@@H]1c4cc(OO[C@H]5[C@H](OCCN)O[C@H]6[C@@H](O[C@@H](CCO)CC[C@@H]6OC(=O)CC(=O)O)[C@@H]5O)ccc4OC[C@H]31)OCO2. The first-order chi connectivity index (χ1) is 25.1. The zero-order valence-electron chi connectivity index (χ0n) is 29.0. The first-order valence-corrected chi connectivity index (χ1v) is 17.7. The first-order valence-electron chi connectivity index (χ1n) is 17.7. The van der Waals surface area contributed by atoms with Gasteiger partial charge in [0.1, 0.15) is 48.4 Å². The number of esters is 1. The maximum atomic E-state index is 12.4. The maximum absolute atomic E-state index is 12.4. The number of aliphatic carboxylic acids is 1. The molecule has 0 bridgehead atoms. The molecule has 16 nitrogen and oxygen atoms in total. The van der Waals surface area contributed by atoms with E-state index in [0.29, 0.717) is 36.2 Å². The molecule has 9 atom stereocenters. The standard InChI is InChI=1S/C36H45NO15/c1-17(2)11-22-30-20(13-26-32(22)46-16-45-26)23-15-44-24-5-4-19(12-21(24)31(23)49-30)51-52-35-29(42)34-33(50-36(35)43-10-8-37)25(48-28(41)14-27(39)40)6-3-18(47-34)7-9-38/h4-5,12-13,17-18,23,25,29,31,33-36,38,42H,3,6-11,14-16,37H2,1-2H3,(H,39,40)/t18-,23-,25+,29+,31-,33-,34+,35-,36-/m1/s1. The summed E-state index contributed by atoms with van der Waals surface area (Å²) in [6.45, 7) is 4.80. The summed E-state index contributed by atoms with van der Waals surface area (Å²) in [7, 11) is 0. The molecule has 16 heteroatoms. The summed E-state index contributed by atoms with van der Waals surface area (Å²) in [5.41, 5.74) is 8.42. The number of ether oxygens (including phenoxy) is 8. The van der Waals surface area contributed by atoms with Gasteiger partial charge in [0, 0.05) is 29.8 Å². The molecule has 284 valence electrons. The fraction of sp³-hybridized carbons (Fsp3) is 0.611. The van der Waals surface area contributed by atoms with Crippen LogP contribution in [0.3, 0.4) is 0 Å². The van der Waals surface area contributed by atoms with Crippen molar-refractivity contribution in [1.29, 1.82) is 0 Å². The molecule has 0 aliphatic carbocycles. The summed E-state index contributed by atoms with van der Waals surface area (Å²) >= 11 is 0. The van der Waals surface area contributed by atoms with E-state index in [2.05, 4.69) is 13.8 Å². The molecule has 5 N–H and O–H groups in total. The van der Waals surface area contributed by atoms with E-state index in [0.717, 1.165) is 28.9 Å². The van der Waals surface area contributed by atoms with E-state index in [1.165, 1.54) is 0 Å². The fourth-order valence-corrected chi connectivity index (χ4v) is 7.53. The van der Waals surface area contributed by atoms with Crippen molar-refractivity contribution in [3.63, 3.8) is 0 Å². The summed E-state index contributed by atoms with van der Waals surface area (Å²) in [4.78, 5) is 35.2. The van der Waals surface area contributed by atoms with E-state index in [-0.39, 0.29) is 57.2 Å². The molecular weight excluding hydrogens is 686 g/mol. The Morgan fingerprint density at radius 3 is 2.63 bits per heavy atom. The van der Waals surface area contributed by atoms with Crippen molar-refractivity contribution < 1.29 is 72.6 Å². The van der Waals surface area contributed by atoms with Gasteiger partial charge in [0.05, 0.1) is 25.2 Å². The lowest BCUT2D eigenvalue weighted by molar-refractivity contribution is -0.379. The van der Waals surface area contributed by atoms with E-state index < -0.39 is 61.3 Å². The lowest BCUT2D eigenvalue weighted by atomic mass is 9.87. The quantitative estimate of drug-likeness (QED) is 0.101. The van der Waals surface area contributed by atoms with Crippen LogP contribution in [0, 0.1) is 5.92 Å². The number of benzene rings is 2. The van der Waals surface area contributed by atoms with Crippen LogP contribution in [0.1, 0.15) is 68.2 Å². The molecule has 0 aromatic heterocycles. The van der Waals surface area contributed by atoms with Crippen molar-refractivity contribution in [3.8, 4) is 28.7 Å². The van der Waals surface area contributed by atoms with Crippen molar-refractivity contribution in [3.05, 3.63) is 41.0 Å². The van der Waals surface area contributed by atoms with Gasteiger partial charge < -0.3 is 63.8 Å². The molecule has 2 aromatic carbocycles. The number of aliphatic hydroxyl groups excluding tert-OH is 2. The van der Waals surface area contributed by atoms with Gasteiger partial charge in [-0.3, -0.25) is 9.59 Å². The predicted octanol–water partition coefficient (Wildman–Crippen LogP) is 2.28. The molecule has 0 unspecified atom stereocenters. The molecule has 0 spiro atoms. The molecule has 5 heterocycles. The van der Waals surface area contributed by atoms with E-state index in [1.807, 2.05) is 6.07 Å². The van der Waals surface area contributed by atoms with Gasteiger partial charge in [-0.2, -0.15) is 4.89 Å². The Bertz CT molecular complexity index is 1620. The highest BCUT2D eigenvalue weighted by atomic mass is 17.2. The Kier molecular flexibility index (Phi) is 10.9. The highest BCUT2D eigenvalue weighted by Crippen LogP contribution is 2.57. The third kappa shape index (κ3) is 7.33. The monoisotopic (exact) mass is 731 g/mol. The van der Waals surface area contributed by atoms with Crippen molar-refractivity contribution >= 4 is 11.9 Å². The molecular formula is C36H45NO15. The second-order valence-corrected chi connectivity index (χ2v) is 13.9. The molecule has 5 aliphatic heterocycles. The average Bonchev–Trinajstić information content (AvgIpc) is 3.70. The Morgan fingerprint density at radius 1 is 1.02 bits per heavy atom. The van der Waals surface area contributed by atoms with Crippen molar-refractivity contribution in [2.24, 2.45) is 11.7 Å². The summed E-state index contributed by atoms with van der Waals surface area (Å²) in [5.74, 6) is 1.02. The molecule has 52 heavy (non-hydrogen) atoms. The number of aliphatic hydroxyl groups is 2. The predicted molar refractivity (Wildman–Crippen MR) is 176 cm³/mol. The molecule has 2 aromatic rings. The summed E-state index contributed by atoms with van der Waals surface area (Å²) in [6, 6.07) is 7.15. The largest absolute Gasteiger partial charge is 0.492 e. The van der Waals surface area contributed by atoms with Crippen LogP contribution < -0.4 is 29.6 Å². The van der Waals surface area contributed by atoms with E-state index in [4.69, 9.17) is 58.5 Å². The van der Waals surface area contributed by atoms with Crippen LogP contribution >= 0.6 is 0 Å². The molecule has 5 aliphatic rings. The molecule has 2 saturated heterocycles. The van der Waals surface area contributed by atoms with Gasteiger partial charge in [0.2, 0.25) is 6.79 Å². The second-order valence-electron chi connectivity index (χ2n) is 13.9. The van der Waals surface area contributed by atoms with Gasteiger partial charge in [0.25, 0.3) is 0 Å². The van der Waals surface area contributed by atoms with Crippen molar-refractivity contribution in [1.82, 2.24) is 0 Å². The second kappa shape index (κ2) is 15.6. The third-order valence-corrected chi connectivity index (χ3v) is 9.80. The summed E-state index contributed by atoms with van der Waals surface area (Å²) < 4.78 is 48.3. The molecule has 0 radical (unpaired) electrons. The van der Waals surface area contributed by atoms with E-state index in [1.54, 1.807) is 18.2 Å². The normalized spacial score (nSPS) is 29.8. The molecule has 2 fully saturated rings. The van der Waals surface area contributed by atoms with Gasteiger partial charge >= 0.3 is 11.9 Å². The van der Waals surface area contributed by atoms with Crippen molar-refractivity contribution in [2.75, 3.05) is 33.2 Å². The number of nitrogens with two attached hydrogens (primary N) is 1. The number of hydrogen-bond acceptors (Lipinski definition) is 15. The van der Waals surface area contributed by atoms with Gasteiger partial charge in [0.15, 0.2) is 29.6 Å².